The standard InChI is InChI=1S/C20H17F3N4O7S/c21-20(22,23)11-2-1-3-13(8-11)35(31,32)19(7-6-16-26-18(30)34-27-16)10-24-14-9-12(25-17(28)29)4-5-15(14)33-19/h1-5,8-9,24-25H,6-7,10H2,(H,28,29)(H,26,27,30). The first-order chi connectivity index (χ1) is 16.4. The van der Waals surface area contributed by atoms with Crippen molar-refractivity contribution in [1.29, 1.82) is 0 Å². The zero-order valence-electron chi connectivity index (χ0n) is 17.5. The number of fused-ring (bicyclic) bond motifs is 1. The molecule has 1 unspecified atom stereocenters. The molecular formula is C20H17F3N4O7S. The maximum absolute atomic E-state index is 13.7. The first-order valence-electron chi connectivity index (χ1n) is 9.93. The molecule has 1 aromatic heterocycles. The number of aromatic nitrogens is 2. The maximum Gasteiger partial charge on any atom is 0.438 e. The van der Waals surface area contributed by atoms with Gasteiger partial charge in [0.05, 0.1) is 22.7 Å². The molecule has 3 aromatic rings. The molecule has 0 aliphatic carbocycles. The van der Waals surface area contributed by atoms with Gasteiger partial charge in [0.1, 0.15) is 5.75 Å². The predicted molar refractivity (Wildman–Crippen MR) is 114 cm³/mol. The number of amides is 1. The van der Waals surface area contributed by atoms with E-state index in [1.165, 1.54) is 18.2 Å². The van der Waals surface area contributed by atoms with Gasteiger partial charge in [0, 0.05) is 18.5 Å². The second-order valence-corrected chi connectivity index (χ2v) is 9.80. The van der Waals surface area contributed by atoms with Gasteiger partial charge in [0.25, 0.3) is 0 Å². The largest absolute Gasteiger partial charge is 0.467 e. The van der Waals surface area contributed by atoms with Crippen LogP contribution in [-0.4, -0.2) is 41.2 Å². The third kappa shape index (κ3) is 4.80. The number of hydrogen-bond donors (Lipinski definition) is 4. The summed E-state index contributed by atoms with van der Waals surface area (Å²) in [5.74, 6) is -0.818. The Balaban J connectivity index is 1.75. The molecule has 1 aliphatic rings. The average molecular weight is 514 g/mol. The number of rotatable bonds is 6. The number of sulfone groups is 1. The number of carbonyl (C=O) groups is 1. The van der Waals surface area contributed by atoms with Gasteiger partial charge in [-0.05, 0) is 36.4 Å². The Morgan fingerprint density at radius 1 is 1.23 bits per heavy atom. The number of aromatic amines is 1. The quantitative estimate of drug-likeness (QED) is 0.387. The summed E-state index contributed by atoms with van der Waals surface area (Å²) in [5.41, 5.74) is -0.704. The van der Waals surface area contributed by atoms with E-state index < -0.39 is 49.8 Å². The van der Waals surface area contributed by atoms with Crippen LogP contribution in [0.5, 0.6) is 5.75 Å². The Hall–Kier alpha value is -4.01. The third-order valence-corrected chi connectivity index (χ3v) is 7.55. The maximum atomic E-state index is 13.7. The molecular weight excluding hydrogens is 497 g/mol. The molecule has 0 radical (unpaired) electrons. The summed E-state index contributed by atoms with van der Waals surface area (Å²) in [6.07, 6.45) is -6.57. The van der Waals surface area contributed by atoms with Crippen molar-refractivity contribution in [3.8, 4) is 5.75 Å². The van der Waals surface area contributed by atoms with Crippen LogP contribution in [0, 0.1) is 0 Å². The molecule has 1 aliphatic heterocycles. The van der Waals surface area contributed by atoms with Crippen LogP contribution in [-0.2, 0) is 22.4 Å². The van der Waals surface area contributed by atoms with Gasteiger partial charge in [-0.25, -0.2) is 18.0 Å². The van der Waals surface area contributed by atoms with Crippen molar-refractivity contribution in [2.24, 2.45) is 0 Å². The van der Waals surface area contributed by atoms with Gasteiger partial charge in [-0.1, -0.05) is 11.2 Å². The van der Waals surface area contributed by atoms with Crippen molar-refractivity contribution in [3.63, 3.8) is 0 Å². The van der Waals surface area contributed by atoms with Gasteiger partial charge in [-0.3, -0.25) is 14.8 Å². The number of nitrogens with zero attached hydrogens (tertiary/aromatic N) is 1. The molecule has 15 heteroatoms. The van der Waals surface area contributed by atoms with Crippen molar-refractivity contribution in [3.05, 3.63) is 64.4 Å². The lowest BCUT2D eigenvalue weighted by molar-refractivity contribution is -0.137. The van der Waals surface area contributed by atoms with Crippen molar-refractivity contribution < 1.29 is 40.8 Å². The fourth-order valence-electron chi connectivity index (χ4n) is 3.58. The van der Waals surface area contributed by atoms with Crippen LogP contribution < -0.4 is 21.1 Å². The van der Waals surface area contributed by atoms with E-state index in [1.807, 2.05) is 0 Å². The number of carboxylic acid groups (broad SMARTS) is 1. The molecule has 35 heavy (non-hydrogen) atoms. The third-order valence-electron chi connectivity index (χ3n) is 5.26. The molecule has 2 heterocycles. The van der Waals surface area contributed by atoms with E-state index >= 15 is 0 Å². The van der Waals surface area contributed by atoms with Crippen molar-refractivity contribution in [2.45, 2.75) is 28.8 Å². The molecule has 4 N–H and O–H groups in total. The molecule has 0 saturated heterocycles. The van der Waals surface area contributed by atoms with Crippen LogP contribution in [0.2, 0.25) is 0 Å². The number of hydrogen-bond acceptors (Lipinski definition) is 8. The number of nitrogens with one attached hydrogen (secondary N) is 3. The highest BCUT2D eigenvalue weighted by Gasteiger charge is 2.50. The van der Waals surface area contributed by atoms with Gasteiger partial charge < -0.3 is 15.2 Å². The summed E-state index contributed by atoms with van der Waals surface area (Å²) in [4.78, 5) is 21.7. The number of benzene rings is 2. The number of aryl methyl sites for hydroxylation is 1. The highest BCUT2D eigenvalue weighted by Crippen LogP contribution is 2.42. The minimum Gasteiger partial charge on any atom is -0.467 e. The second kappa shape index (κ2) is 8.65. The van der Waals surface area contributed by atoms with Crippen molar-refractivity contribution in [2.75, 3.05) is 17.2 Å². The van der Waals surface area contributed by atoms with Crippen LogP contribution >= 0.6 is 0 Å². The van der Waals surface area contributed by atoms with E-state index in [-0.39, 0.29) is 35.8 Å². The molecule has 11 nitrogen and oxygen atoms in total. The molecule has 0 spiro atoms. The highest BCUT2D eigenvalue weighted by molar-refractivity contribution is 7.92. The van der Waals surface area contributed by atoms with Crippen LogP contribution in [0.25, 0.3) is 0 Å². The predicted octanol–water partition coefficient (Wildman–Crippen LogP) is 3.08. The summed E-state index contributed by atoms with van der Waals surface area (Å²) in [5, 5.41) is 17.4. The molecule has 0 bridgehead atoms. The van der Waals surface area contributed by atoms with E-state index in [1.54, 1.807) is 0 Å². The molecule has 1 atom stereocenters. The summed E-state index contributed by atoms with van der Waals surface area (Å²) in [6, 6.07) is 7.30. The molecule has 1 amide bonds. The molecule has 4 rings (SSSR count). The SMILES string of the molecule is O=C(O)Nc1ccc2c(c1)NCC(CCc1noc(=O)[nH]1)(S(=O)(=O)c1cccc(C(F)(F)F)c1)O2. The van der Waals surface area contributed by atoms with Crippen LogP contribution in [0.4, 0.5) is 29.3 Å². The highest BCUT2D eigenvalue weighted by atomic mass is 32.2. The fourth-order valence-corrected chi connectivity index (χ4v) is 5.38. The summed E-state index contributed by atoms with van der Waals surface area (Å²) >= 11 is 0. The fraction of sp³-hybridized carbons (Fsp3) is 0.250. The van der Waals surface area contributed by atoms with Gasteiger partial charge in [0.15, 0.2) is 5.82 Å². The van der Waals surface area contributed by atoms with Crippen molar-refractivity contribution in [1.82, 2.24) is 10.1 Å². The average Bonchev–Trinajstić information content (AvgIpc) is 3.22. The van der Waals surface area contributed by atoms with Crippen molar-refractivity contribution >= 4 is 27.3 Å². The van der Waals surface area contributed by atoms with Gasteiger partial charge in [0.2, 0.25) is 14.8 Å². The second-order valence-electron chi connectivity index (χ2n) is 7.58. The van der Waals surface area contributed by atoms with E-state index in [2.05, 4.69) is 25.3 Å². The normalized spacial score (nSPS) is 17.7. The molecule has 2 aromatic carbocycles. The Kier molecular flexibility index (Phi) is 5.96. The number of H-pyrrole nitrogens is 1. The Labute approximate surface area is 194 Å². The Bertz CT molecular complexity index is 1430. The molecule has 186 valence electrons. The van der Waals surface area contributed by atoms with E-state index in [9.17, 15) is 31.2 Å². The first kappa shape index (κ1) is 24.1. The van der Waals surface area contributed by atoms with Gasteiger partial charge >= 0.3 is 18.0 Å². The van der Waals surface area contributed by atoms with Crippen LogP contribution in [0.3, 0.4) is 0 Å². The number of anilines is 2. The Morgan fingerprint density at radius 2 is 2.00 bits per heavy atom. The van der Waals surface area contributed by atoms with E-state index in [0.29, 0.717) is 6.07 Å². The molecule has 0 fully saturated rings. The van der Waals surface area contributed by atoms with Crippen LogP contribution in [0.1, 0.15) is 17.8 Å². The zero-order valence-corrected chi connectivity index (χ0v) is 18.4. The van der Waals surface area contributed by atoms with Gasteiger partial charge in [-0.2, -0.15) is 13.2 Å². The lowest BCUT2D eigenvalue weighted by Gasteiger charge is -2.38. The molecule has 0 saturated carbocycles. The minimum absolute atomic E-state index is 0.0176. The summed E-state index contributed by atoms with van der Waals surface area (Å²) in [7, 11) is -4.59. The smallest absolute Gasteiger partial charge is 0.438 e. The Morgan fingerprint density at radius 3 is 2.66 bits per heavy atom. The number of ether oxygens (including phenoxy) is 1. The first-order valence-corrected chi connectivity index (χ1v) is 11.4. The summed E-state index contributed by atoms with van der Waals surface area (Å²) < 4.78 is 77.5. The lowest BCUT2D eigenvalue weighted by Crippen LogP contribution is -2.52. The van der Waals surface area contributed by atoms with Crippen LogP contribution in [0.15, 0.2) is 56.7 Å². The summed E-state index contributed by atoms with van der Waals surface area (Å²) in [6.45, 7) is -0.406. The number of alkyl halides is 3. The van der Waals surface area contributed by atoms with E-state index in [4.69, 9.17) is 9.84 Å². The van der Waals surface area contributed by atoms with E-state index in [0.717, 1.165) is 18.2 Å². The van der Waals surface area contributed by atoms with Gasteiger partial charge in [-0.15, -0.1) is 0 Å². The minimum atomic E-state index is -4.77. The number of halogens is 3. The zero-order chi connectivity index (χ0) is 25.4. The topological polar surface area (TPSA) is 164 Å². The lowest BCUT2D eigenvalue weighted by atomic mass is 10.1. The monoisotopic (exact) mass is 514 g/mol.